The SMILES string of the molecule is Cc1ccc(-c2cc(-c3cccs3)nc3sc4c(c23)CCCC4)cc1. The zero-order chi connectivity index (χ0) is 16.8. The predicted octanol–water partition coefficient (Wildman–Crippen LogP) is 6.88. The minimum Gasteiger partial charge on any atom is -0.236 e. The second-order valence-corrected chi connectivity index (χ2v) is 8.82. The van der Waals surface area contributed by atoms with Crippen LogP contribution in [-0.2, 0) is 12.8 Å². The van der Waals surface area contributed by atoms with Gasteiger partial charge in [-0.2, -0.15) is 0 Å². The molecule has 0 N–H and O–H groups in total. The maximum atomic E-state index is 5.06. The summed E-state index contributed by atoms with van der Waals surface area (Å²) in [6, 6.07) is 15.5. The van der Waals surface area contributed by atoms with Crippen molar-refractivity contribution in [2.24, 2.45) is 0 Å². The van der Waals surface area contributed by atoms with Gasteiger partial charge >= 0.3 is 0 Å². The third-order valence-corrected chi connectivity index (χ3v) is 7.14. The first-order valence-electron chi connectivity index (χ1n) is 8.86. The van der Waals surface area contributed by atoms with E-state index in [9.17, 15) is 0 Å². The van der Waals surface area contributed by atoms with Gasteiger partial charge in [0.2, 0.25) is 0 Å². The molecular weight excluding hydrogens is 342 g/mol. The predicted molar refractivity (Wildman–Crippen MR) is 110 cm³/mol. The molecule has 3 heteroatoms. The zero-order valence-corrected chi connectivity index (χ0v) is 15.8. The van der Waals surface area contributed by atoms with E-state index >= 15 is 0 Å². The third-order valence-electron chi connectivity index (χ3n) is 5.06. The molecule has 5 rings (SSSR count). The quantitative estimate of drug-likeness (QED) is 0.379. The maximum Gasteiger partial charge on any atom is 0.125 e. The number of nitrogens with zero attached hydrogens (tertiary/aromatic N) is 1. The number of rotatable bonds is 2. The van der Waals surface area contributed by atoms with Gasteiger partial charge < -0.3 is 0 Å². The van der Waals surface area contributed by atoms with Gasteiger partial charge in [-0.25, -0.2) is 4.98 Å². The average Bonchev–Trinajstić information content (AvgIpc) is 3.29. The Labute approximate surface area is 156 Å². The lowest BCUT2D eigenvalue weighted by Crippen LogP contribution is -1.98. The molecule has 1 nitrogen and oxygen atoms in total. The molecule has 0 atom stereocenters. The highest BCUT2D eigenvalue weighted by molar-refractivity contribution is 7.19. The normalized spacial score (nSPS) is 14.0. The third kappa shape index (κ3) is 2.62. The van der Waals surface area contributed by atoms with Crippen molar-refractivity contribution in [3.05, 3.63) is 63.8 Å². The second kappa shape index (κ2) is 6.08. The number of thiophene rings is 2. The van der Waals surface area contributed by atoms with E-state index in [0.29, 0.717) is 0 Å². The van der Waals surface area contributed by atoms with Crippen molar-refractivity contribution in [3.8, 4) is 21.7 Å². The van der Waals surface area contributed by atoms with Crippen molar-refractivity contribution in [2.45, 2.75) is 32.6 Å². The molecule has 0 aliphatic heterocycles. The molecule has 25 heavy (non-hydrogen) atoms. The van der Waals surface area contributed by atoms with Crippen molar-refractivity contribution < 1.29 is 0 Å². The topological polar surface area (TPSA) is 12.9 Å². The van der Waals surface area contributed by atoms with Gasteiger partial charge in [0, 0.05) is 10.3 Å². The molecule has 3 aromatic heterocycles. The van der Waals surface area contributed by atoms with Gasteiger partial charge in [0.05, 0.1) is 10.6 Å². The van der Waals surface area contributed by atoms with Gasteiger partial charge in [-0.15, -0.1) is 22.7 Å². The molecule has 0 spiro atoms. The molecule has 0 unspecified atom stereocenters. The molecule has 0 amide bonds. The summed E-state index contributed by atoms with van der Waals surface area (Å²) in [7, 11) is 0. The summed E-state index contributed by atoms with van der Waals surface area (Å²) in [5.41, 5.74) is 6.64. The summed E-state index contributed by atoms with van der Waals surface area (Å²) in [6.45, 7) is 2.15. The van der Waals surface area contributed by atoms with Crippen LogP contribution in [0.25, 0.3) is 31.9 Å². The zero-order valence-electron chi connectivity index (χ0n) is 14.2. The van der Waals surface area contributed by atoms with Crippen LogP contribution in [0.4, 0.5) is 0 Å². The molecule has 0 radical (unpaired) electrons. The van der Waals surface area contributed by atoms with Crippen LogP contribution >= 0.6 is 22.7 Å². The van der Waals surface area contributed by atoms with Gasteiger partial charge in [-0.3, -0.25) is 0 Å². The summed E-state index contributed by atoms with van der Waals surface area (Å²) < 4.78 is 0. The van der Waals surface area contributed by atoms with Crippen LogP contribution in [-0.4, -0.2) is 4.98 Å². The van der Waals surface area contributed by atoms with Crippen molar-refractivity contribution in [2.75, 3.05) is 0 Å². The van der Waals surface area contributed by atoms with Crippen LogP contribution in [0.2, 0.25) is 0 Å². The van der Waals surface area contributed by atoms with Gasteiger partial charge in [0.1, 0.15) is 4.83 Å². The fourth-order valence-electron chi connectivity index (χ4n) is 3.77. The van der Waals surface area contributed by atoms with Crippen molar-refractivity contribution in [1.82, 2.24) is 4.98 Å². The second-order valence-electron chi connectivity index (χ2n) is 6.79. The number of pyridine rings is 1. The Morgan fingerprint density at radius 3 is 2.64 bits per heavy atom. The Hall–Kier alpha value is -1.97. The van der Waals surface area contributed by atoms with Crippen molar-refractivity contribution in [3.63, 3.8) is 0 Å². The Balaban J connectivity index is 1.82. The fraction of sp³-hybridized carbons (Fsp3) is 0.227. The molecule has 0 fully saturated rings. The van der Waals surface area contributed by atoms with E-state index in [4.69, 9.17) is 4.98 Å². The summed E-state index contributed by atoms with van der Waals surface area (Å²) in [5, 5.41) is 3.54. The smallest absolute Gasteiger partial charge is 0.125 e. The number of fused-ring (bicyclic) bond motifs is 3. The fourth-order valence-corrected chi connectivity index (χ4v) is 5.74. The summed E-state index contributed by atoms with van der Waals surface area (Å²) in [6.07, 6.45) is 5.04. The lowest BCUT2D eigenvalue weighted by Gasteiger charge is -2.13. The maximum absolute atomic E-state index is 5.06. The number of hydrogen-bond donors (Lipinski definition) is 0. The van der Waals surface area contributed by atoms with Gasteiger partial charge in [-0.1, -0.05) is 35.9 Å². The standard InChI is InChI=1S/C22H19NS2/c1-14-8-10-15(11-9-14)17-13-18(20-7-4-12-24-20)23-22-21(17)16-5-2-3-6-19(16)25-22/h4,7-13H,2-3,5-6H2,1H3. The molecular formula is C22H19NS2. The number of aromatic nitrogens is 1. The lowest BCUT2D eigenvalue weighted by molar-refractivity contribution is 0.700. The minimum absolute atomic E-state index is 1.11. The number of hydrogen-bond acceptors (Lipinski definition) is 3. The highest BCUT2D eigenvalue weighted by Gasteiger charge is 2.21. The van der Waals surface area contributed by atoms with Gasteiger partial charge in [0.25, 0.3) is 0 Å². The van der Waals surface area contributed by atoms with E-state index in [1.165, 1.54) is 57.5 Å². The monoisotopic (exact) mass is 361 g/mol. The van der Waals surface area contributed by atoms with E-state index in [2.05, 4.69) is 54.8 Å². The van der Waals surface area contributed by atoms with Crippen LogP contribution in [0.5, 0.6) is 0 Å². The largest absolute Gasteiger partial charge is 0.236 e. The van der Waals surface area contributed by atoms with Crippen LogP contribution in [0.1, 0.15) is 28.8 Å². The van der Waals surface area contributed by atoms with Crippen molar-refractivity contribution in [1.29, 1.82) is 0 Å². The highest BCUT2D eigenvalue weighted by Crippen LogP contribution is 2.42. The number of benzene rings is 1. The summed E-state index contributed by atoms with van der Waals surface area (Å²) in [4.78, 5) is 9.08. The van der Waals surface area contributed by atoms with E-state index in [0.717, 1.165) is 5.69 Å². The Kier molecular flexibility index (Phi) is 3.72. The minimum atomic E-state index is 1.11. The highest BCUT2D eigenvalue weighted by atomic mass is 32.1. The first-order chi connectivity index (χ1) is 12.3. The Morgan fingerprint density at radius 2 is 1.84 bits per heavy atom. The molecule has 124 valence electrons. The van der Waals surface area contributed by atoms with Gasteiger partial charge in [0.15, 0.2) is 0 Å². The Morgan fingerprint density at radius 1 is 1.00 bits per heavy atom. The molecule has 3 heterocycles. The molecule has 1 aliphatic carbocycles. The molecule has 0 saturated carbocycles. The molecule has 1 aliphatic rings. The summed E-state index contributed by atoms with van der Waals surface area (Å²) >= 11 is 3.68. The molecule has 1 aromatic carbocycles. The van der Waals surface area contributed by atoms with E-state index in [1.54, 1.807) is 21.8 Å². The lowest BCUT2D eigenvalue weighted by atomic mass is 9.92. The van der Waals surface area contributed by atoms with E-state index in [-0.39, 0.29) is 0 Å². The first-order valence-corrected chi connectivity index (χ1v) is 10.6. The van der Waals surface area contributed by atoms with Gasteiger partial charge in [-0.05, 0) is 66.8 Å². The van der Waals surface area contributed by atoms with E-state index < -0.39 is 0 Å². The summed E-state index contributed by atoms with van der Waals surface area (Å²) in [5.74, 6) is 0. The van der Waals surface area contributed by atoms with Crippen LogP contribution in [0, 0.1) is 6.92 Å². The van der Waals surface area contributed by atoms with Crippen LogP contribution in [0.15, 0.2) is 47.8 Å². The average molecular weight is 362 g/mol. The van der Waals surface area contributed by atoms with Crippen LogP contribution in [0.3, 0.4) is 0 Å². The first kappa shape index (κ1) is 15.3. The molecule has 0 bridgehead atoms. The Bertz CT molecular complexity index is 1040. The number of aryl methyl sites for hydroxylation is 3. The van der Waals surface area contributed by atoms with Crippen molar-refractivity contribution >= 4 is 32.9 Å². The van der Waals surface area contributed by atoms with E-state index in [1.807, 2.05) is 11.3 Å². The molecule has 0 saturated heterocycles. The van der Waals surface area contributed by atoms with Crippen LogP contribution < -0.4 is 0 Å². The molecule has 4 aromatic rings.